The number of fused-ring (bicyclic) bond motifs is 6. The molecule has 0 saturated heterocycles. The first-order valence-electron chi connectivity index (χ1n) is 17.3. The van der Waals surface area contributed by atoms with Gasteiger partial charge in [-0.2, -0.15) is 0 Å². The summed E-state index contributed by atoms with van der Waals surface area (Å²) in [5, 5.41) is 2.33. The standard InChI is InChI=1S/C46H32GeN4/c1-5-15-33(16-6-1)47(34-17-7-2-8-18-34,35-25-27-41-39(31-35)45-43(23-13-29-48-45)50(41)37-19-9-3-10-20-37)36-26-28-42-40(32-36)46-44(24-14-30-49-46)51(42)38-21-11-4-12-22-38/h1-32H. The number of hydrogen-bond acceptors (Lipinski definition) is 2. The van der Waals surface area contributed by atoms with Gasteiger partial charge in [0.1, 0.15) is 0 Å². The third-order valence-corrected chi connectivity index (χ3v) is 20.3. The van der Waals surface area contributed by atoms with Crippen molar-refractivity contribution in [2.75, 3.05) is 0 Å². The molecule has 0 unspecified atom stereocenters. The van der Waals surface area contributed by atoms with Gasteiger partial charge in [-0.1, -0.05) is 0 Å². The summed E-state index contributed by atoms with van der Waals surface area (Å²) in [5.74, 6) is 0. The predicted molar refractivity (Wildman–Crippen MR) is 214 cm³/mol. The summed E-state index contributed by atoms with van der Waals surface area (Å²) in [4.78, 5) is 9.99. The molecule has 0 fully saturated rings. The summed E-state index contributed by atoms with van der Waals surface area (Å²) in [5.41, 5.74) is 8.81. The van der Waals surface area contributed by atoms with Crippen LogP contribution in [0, 0.1) is 0 Å². The van der Waals surface area contributed by atoms with Gasteiger partial charge in [-0.25, -0.2) is 0 Å². The van der Waals surface area contributed by atoms with Crippen molar-refractivity contribution >= 4 is 74.7 Å². The Bertz CT molecular complexity index is 2650. The maximum atomic E-state index is 4.99. The Morgan fingerprint density at radius 1 is 0.333 bits per heavy atom. The molecule has 4 heterocycles. The van der Waals surface area contributed by atoms with E-state index in [4.69, 9.17) is 9.97 Å². The van der Waals surface area contributed by atoms with E-state index >= 15 is 0 Å². The summed E-state index contributed by atoms with van der Waals surface area (Å²) >= 11 is -3.72. The van der Waals surface area contributed by atoms with Gasteiger partial charge in [-0.3, -0.25) is 0 Å². The van der Waals surface area contributed by atoms with Gasteiger partial charge < -0.3 is 0 Å². The molecule has 0 spiro atoms. The fourth-order valence-electron chi connectivity index (χ4n) is 8.22. The summed E-state index contributed by atoms with van der Waals surface area (Å²) in [6.45, 7) is 0. The van der Waals surface area contributed by atoms with Crippen molar-refractivity contribution in [3.05, 3.63) is 194 Å². The van der Waals surface area contributed by atoms with Gasteiger partial charge in [-0.05, 0) is 0 Å². The average Bonchev–Trinajstić information content (AvgIpc) is 3.72. The molecule has 0 bridgehead atoms. The van der Waals surface area contributed by atoms with Crippen molar-refractivity contribution in [3.63, 3.8) is 0 Å². The first-order chi connectivity index (χ1) is 25.3. The first kappa shape index (κ1) is 29.7. The van der Waals surface area contributed by atoms with Gasteiger partial charge in [0, 0.05) is 0 Å². The fourth-order valence-corrected chi connectivity index (χ4v) is 18.2. The van der Waals surface area contributed by atoms with E-state index in [1.54, 1.807) is 0 Å². The SMILES string of the molecule is c1ccc(-n2c3cc[c]([Ge]([c]4ccccc4)([c]4ccccc4)[c]4ccc5c(c4)c4ncccc4n5-c4ccccc4)cc3c3ncccc32)cc1. The first-order valence-corrected chi connectivity index (χ1v) is 21.5. The molecule has 10 aromatic rings. The minimum atomic E-state index is -3.72. The van der Waals surface area contributed by atoms with E-state index in [2.05, 4.69) is 179 Å². The Kier molecular flexibility index (Phi) is 6.96. The Labute approximate surface area is 298 Å². The van der Waals surface area contributed by atoms with Crippen molar-refractivity contribution in [3.8, 4) is 11.4 Å². The van der Waals surface area contributed by atoms with Crippen molar-refractivity contribution in [1.82, 2.24) is 19.1 Å². The summed E-state index contributed by atoms with van der Waals surface area (Å²) in [6, 6.07) is 66.4. The van der Waals surface area contributed by atoms with Crippen LogP contribution in [-0.2, 0) is 0 Å². The fraction of sp³-hybridized carbons (Fsp3) is 0. The van der Waals surface area contributed by atoms with E-state index in [0.29, 0.717) is 0 Å². The number of aromatic nitrogens is 4. The molecule has 6 aromatic carbocycles. The van der Waals surface area contributed by atoms with Crippen LogP contribution < -0.4 is 17.6 Å². The number of pyridine rings is 2. The van der Waals surface area contributed by atoms with Crippen LogP contribution in [0.25, 0.3) is 55.2 Å². The van der Waals surface area contributed by atoms with Crippen LogP contribution in [0.4, 0.5) is 0 Å². The molecule has 4 aromatic heterocycles. The molecule has 5 heteroatoms. The summed E-state index contributed by atoms with van der Waals surface area (Å²) in [6.07, 6.45) is 3.83. The van der Waals surface area contributed by atoms with Gasteiger partial charge in [0.2, 0.25) is 0 Å². The summed E-state index contributed by atoms with van der Waals surface area (Å²) < 4.78 is 10.2. The molecule has 0 saturated carbocycles. The normalized spacial score (nSPS) is 11.9. The topological polar surface area (TPSA) is 35.6 Å². The zero-order chi connectivity index (χ0) is 33.8. The van der Waals surface area contributed by atoms with Crippen molar-refractivity contribution in [1.29, 1.82) is 0 Å². The van der Waals surface area contributed by atoms with Crippen LogP contribution in [0.1, 0.15) is 0 Å². The van der Waals surface area contributed by atoms with Crippen LogP contribution >= 0.6 is 0 Å². The third-order valence-electron chi connectivity index (χ3n) is 10.3. The minimum absolute atomic E-state index is 1.02. The Balaban J connectivity index is 1.32. The molecule has 0 aliphatic carbocycles. The second-order valence-electron chi connectivity index (χ2n) is 13.0. The molecule has 4 nitrogen and oxygen atoms in total. The van der Waals surface area contributed by atoms with Crippen LogP contribution in [-0.4, -0.2) is 32.4 Å². The average molecular weight is 713 g/mol. The maximum absolute atomic E-state index is 4.99. The molecule has 0 aliphatic heterocycles. The number of nitrogens with zero attached hydrogens (tertiary/aromatic N) is 4. The van der Waals surface area contributed by atoms with E-state index in [1.807, 2.05) is 24.5 Å². The Morgan fingerprint density at radius 2 is 0.725 bits per heavy atom. The van der Waals surface area contributed by atoms with Crippen LogP contribution in [0.15, 0.2) is 194 Å². The summed E-state index contributed by atoms with van der Waals surface area (Å²) in [7, 11) is 0. The molecule has 51 heavy (non-hydrogen) atoms. The molecule has 0 atom stereocenters. The molecular formula is C46H32GeN4. The van der Waals surface area contributed by atoms with Crippen LogP contribution in [0.2, 0.25) is 0 Å². The van der Waals surface area contributed by atoms with Gasteiger partial charge >= 0.3 is 300 Å². The van der Waals surface area contributed by atoms with Gasteiger partial charge in [0.05, 0.1) is 0 Å². The van der Waals surface area contributed by atoms with E-state index in [9.17, 15) is 0 Å². The number of hydrogen-bond donors (Lipinski definition) is 0. The second kappa shape index (κ2) is 12.0. The van der Waals surface area contributed by atoms with Crippen molar-refractivity contribution in [2.24, 2.45) is 0 Å². The molecular weight excluding hydrogens is 681 g/mol. The van der Waals surface area contributed by atoms with Gasteiger partial charge in [-0.15, -0.1) is 0 Å². The predicted octanol–water partition coefficient (Wildman–Crippen LogP) is 8.05. The Morgan fingerprint density at radius 3 is 1.14 bits per heavy atom. The Hall–Kier alpha value is -6.24. The zero-order valence-corrected chi connectivity index (χ0v) is 29.9. The van der Waals surface area contributed by atoms with Crippen LogP contribution in [0.3, 0.4) is 0 Å². The number of rotatable bonds is 6. The molecule has 0 N–H and O–H groups in total. The molecule has 0 radical (unpaired) electrons. The molecule has 0 aliphatic rings. The second-order valence-corrected chi connectivity index (χ2v) is 21.0. The van der Waals surface area contributed by atoms with Crippen molar-refractivity contribution in [2.45, 2.75) is 0 Å². The van der Waals surface area contributed by atoms with E-state index < -0.39 is 13.3 Å². The number of para-hydroxylation sites is 2. The third kappa shape index (κ3) is 4.53. The van der Waals surface area contributed by atoms with Gasteiger partial charge in [0.15, 0.2) is 0 Å². The van der Waals surface area contributed by atoms with E-state index in [1.165, 1.54) is 17.6 Å². The number of benzene rings is 6. The monoisotopic (exact) mass is 714 g/mol. The zero-order valence-electron chi connectivity index (χ0n) is 27.8. The van der Waals surface area contributed by atoms with Crippen molar-refractivity contribution < 1.29 is 0 Å². The quantitative estimate of drug-likeness (QED) is 0.164. The van der Waals surface area contributed by atoms with Crippen LogP contribution in [0.5, 0.6) is 0 Å². The molecule has 240 valence electrons. The van der Waals surface area contributed by atoms with Gasteiger partial charge in [0.25, 0.3) is 0 Å². The van der Waals surface area contributed by atoms with E-state index in [-0.39, 0.29) is 0 Å². The molecule has 0 amide bonds. The van der Waals surface area contributed by atoms with E-state index in [0.717, 1.165) is 55.2 Å². The molecule has 10 rings (SSSR count).